The van der Waals surface area contributed by atoms with Crippen LogP contribution in [0, 0.1) is 5.82 Å². The number of nitrogens with zero attached hydrogens (tertiary/aromatic N) is 4. The number of halogens is 1. The van der Waals surface area contributed by atoms with Crippen LogP contribution in [0.15, 0.2) is 73.4 Å². The first-order valence-corrected chi connectivity index (χ1v) is 10.3. The van der Waals surface area contributed by atoms with Crippen molar-refractivity contribution in [2.75, 3.05) is 7.11 Å². The van der Waals surface area contributed by atoms with E-state index in [1.807, 2.05) is 18.2 Å². The Hall–Kier alpha value is -4.59. The van der Waals surface area contributed by atoms with Crippen LogP contribution in [0.3, 0.4) is 0 Å². The van der Waals surface area contributed by atoms with Gasteiger partial charge in [-0.1, -0.05) is 0 Å². The highest BCUT2D eigenvalue weighted by molar-refractivity contribution is 6.00. The highest BCUT2D eigenvalue weighted by atomic mass is 19.1. The van der Waals surface area contributed by atoms with E-state index >= 15 is 0 Å². The fraction of sp³-hybridized carbons (Fsp3) is 0.0400. The Labute approximate surface area is 187 Å². The topological polar surface area (TPSA) is 92.4 Å². The number of H-pyrrole nitrogens is 2. The first-order chi connectivity index (χ1) is 16.2. The summed E-state index contributed by atoms with van der Waals surface area (Å²) < 4.78 is 19.4. The molecule has 0 amide bonds. The number of hydrogen-bond acceptors (Lipinski definition) is 5. The summed E-state index contributed by atoms with van der Waals surface area (Å²) in [5.74, 6) is 0.0819. The minimum atomic E-state index is -0.369. The maximum atomic E-state index is 14.1. The summed E-state index contributed by atoms with van der Waals surface area (Å²) >= 11 is 0. The molecule has 0 radical (unpaired) electrons. The van der Waals surface area contributed by atoms with Crippen molar-refractivity contribution in [1.29, 1.82) is 0 Å². The third-order valence-electron chi connectivity index (χ3n) is 5.66. The second-order valence-corrected chi connectivity index (χ2v) is 7.64. The number of ether oxygens (including phenoxy) is 1. The van der Waals surface area contributed by atoms with Crippen LogP contribution in [0.4, 0.5) is 4.39 Å². The molecular formula is C25H17FN6O. The van der Waals surface area contributed by atoms with E-state index in [1.165, 1.54) is 19.2 Å². The van der Waals surface area contributed by atoms with E-state index in [9.17, 15) is 4.39 Å². The molecule has 5 heterocycles. The van der Waals surface area contributed by atoms with Crippen LogP contribution in [-0.4, -0.2) is 37.2 Å². The van der Waals surface area contributed by atoms with Gasteiger partial charge < -0.3 is 9.72 Å². The monoisotopic (exact) mass is 436 g/mol. The number of rotatable bonds is 4. The van der Waals surface area contributed by atoms with E-state index in [1.54, 1.807) is 37.1 Å². The summed E-state index contributed by atoms with van der Waals surface area (Å²) in [4.78, 5) is 16.3. The lowest BCUT2D eigenvalue weighted by molar-refractivity contribution is 0.411. The second-order valence-electron chi connectivity index (χ2n) is 7.64. The molecule has 0 spiro atoms. The minimum Gasteiger partial charge on any atom is -0.497 e. The molecule has 0 bridgehead atoms. The van der Waals surface area contributed by atoms with Gasteiger partial charge in [-0.25, -0.2) is 9.37 Å². The van der Waals surface area contributed by atoms with Crippen LogP contribution in [0.1, 0.15) is 0 Å². The van der Waals surface area contributed by atoms with Crippen molar-refractivity contribution in [3.8, 4) is 39.4 Å². The van der Waals surface area contributed by atoms with E-state index < -0.39 is 0 Å². The van der Waals surface area contributed by atoms with Crippen molar-refractivity contribution in [2.24, 2.45) is 0 Å². The van der Waals surface area contributed by atoms with Gasteiger partial charge in [0.05, 0.1) is 30.2 Å². The maximum Gasteiger partial charge on any atom is 0.181 e. The Kier molecular flexibility index (Phi) is 4.36. The normalized spacial score (nSPS) is 11.3. The standard InChI is InChI=1S/C25H17FN6O/c1-33-18-7-15(6-17(26)9-18)21-12-28-13-23-19(21)10-22(30-23)24-20-8-16(11-29-25(20)32-31-24)14-2-4-27-5-3-14/h2-13,30H,1H3,(H,29,31,32). The summed E-state index contributed by atoms with van der Waals surface area (Å²) in [6.45, 7) is 0. The van der Waals surface area contributed by atoms with Crippen molar-refractivity contribution in [2.45, 2.75) is 0 Å². The summed E-state index contributed by atoms with van der Waals surface area (Å²) in [5.41, 5.74) is 6.57. The zero-order valence-corrected chi connectivity index (χ0v) is 17.5. The van der Waals surface area contributed by atoms with Gasteiger partial charge in [-0.3, -0.25) is 15.1 Å². The molecule has 0 fully saturated rings. The van der Waals surface area contributed by atoms with Gasteiger partial charge >= 0.3 is 0 Å². The molecule has 8 heteroatoms. The molecule has 6 aromatic rings. The van der Waals surface area contributed by atoms with Crippen LogP contribution in [0.2, 0.25) is 0 Å². The first-order valence-electron chi connectivity index (χ1n) is 10.3. The van der Waals surface area contributed by atoms with Gasteiger partial charge in [-0.2, -0.15) is 5.10 Å². The molecule has 5 aromatic heterocycles. The van der Waals surface area contributed by atoms with E-state index in [0.29, 0.717) is 17.0 Å². The second kappa shape index (κ2) is 7.52. The van der Waals surface area contributed by atoms with E-state index in [-0.39, 0.29) is 5.82 Å². The number of benzene rings is 1. The van der Waals surface area contributed by atoms with Crippen LogP contribution in [0.5, 0.6) is 5.75 Å². The Balaban J connectivity index is 1.50. The van der Waals surface area contributed by atoms with Crippen molar-refractivity contribution >= 4 is 21.9 Å². The predicted octanol–water partition coefficient (Wildman–Crippen LogP) is 5.38. The molecule has 0 saturated heterocycles. The lowest BCUT2D eigenvalue weighted by atomic mass is 10.0. The summed E-state index contributed by atoms with van der Waals surface area (Å²) in [6, 6.07) is 12.6. The molecular weight excluding hydrogens is 419 g/mol. The average Bonchev–Trinajstić information content (AvgIpc) is 3.47. The Bertz CT molecular complexity index is 1620. The van der Waals surface area contributed by atoms with Crippen LogP contribution < -0.4 is 4.74 Å². The van der Waals surface area contributed by atoms with Gasteiger partial charge in [-0.15, -0.1) is 0 Å². The van der Waals surface area contributed by atoms with E-state index in [2.05, 4.69) is 36.2 Å². The van der Waals surface area contributed by atoms with Gasteiger partial charge in [0.15, 0.2) is 5.65 Å². The van der Waals surface area contributed by atoms with Crippen LogP contribution in [0.25, 0.3) is 55.6 Å². The first kappa shape index (κ1) is 19.1. The lowest BCUT2D eigenvalue weighted by Gasteiger charge is -2.06. The molecule has 2 N–H and O–H groups in total. The minimum absolute atomic E-state index is 0.369. The number of aromatic nitrogens is 6. The summed E-state index contributed by atoms with van der Waals surface area (Å²) in [7, 11) is 1.52. The number of pyridine rings is 3. The maximum absolute atomic E-state index is 14.1. The Morgan fingerprint density at radius 3 is 2.58 bits per heavy atom. The average molecular weight is 436 g/mol. The van der Waals surface area contributed by atoms with Crippen molar-refractivity contribution in [1.82, 2.24) is 30.1 Å². The van der Waals surface area contributed by atoms with Crippen molar-refractivity contribution in [3.05, 3.63) is 79.3 Å². The number of methoxy groups -OCH3 is 1. The van der Waals surface area contributed by atoms with Gasteiger partial charge in [-0.05, 0) is 47.5 Å². The molecule has 160 valence electrons. The molecule has 6 rings (SSSR count). The van der Waals surface area contributed by atoms with Gasteiger partial charge in [0.1, 0.15) is 11.6 Å². The van der Waals surface area contributed by atoms with Crippen molar-refractivity contribution < 1.29 is 9.13 Å². The molecule has 0 aliphatic carbocycles. The lowest BCUT2D eigenvalue weighted by Crippen LogP contribution is -1.88. The van der Waals surface area contributed by atoms with Crippen LogP contribution >= 0.6 is 0 Å². The zero-order valence-electron chi connectivity index (χ0n) is 17.5. The van der Waals surface area contributed by atoms with Gasteiger partial charge in [0.2, 0.25) is 0 Å². The van der Waals surface area contributed by atoms with Crippen LogP contribution in [-0.2, 0) is 0 Å². The SMILES string of the molecule is COc1cc(F)cc(-c2cncc3[nH]c(-c4[nH]nc5ncc(-c6ccncc6)cc45)cc23)c1. The highest BCUT2D eigenvalue weighted by Gasteiger charge is 2.15. The molecule has 0 aliphatic heterocycles. The summed E-state index contributed by atoms with van der Waals surface area (Å²) in [6.07, 6.45) is 8.78. The molecule has 0 saturated carbocycles. The number of hydrogen-bond donors (Lipinski definition) is 2. The predicted molar refractivity (Wildman–Crippen MR) is 124 cm³/mol. The molecule has 0 aliphatic rings. The van der Waals surface area contributed by atoms with E-state index in [4.69, 9.17) is 4.74 Å². The molecule has 0 atom stereocenters. The van der Waals surface area contributed by atoms with Gasteiger partial charge in [0.25, 0.3) is 0 Å². The van der Waals surface area contributed by atoms with Gasteiger partial charge in [0, 0.05) is 52.8 Å². The number of nitrogens with one attached hydrogen (secondary N) is 2. The number of fused-ring (bicyclic) bond motifs is 2. The quantitative estimate of drug-likeness (QED) is 0.387. The Morgan fingerprint density at radius 1 is 0.848 bits per heavy atom. The summed E-state index contributed by atoms with van der Waals surface area (Å²) in [5, 5.41) is 9.26. The molecule has 7 nitrogen and oxygen atoms in total. The fourth-order valence-electron chi connectivity index (χ4n) is 4.06. The zero-order chi connectivity index (χ0) is 22.4. The van der Waals surface area contributed by atoms with E-state index in [0.717, 1.165) is 44.4 Å². The van der Waals surface area contributed by atoms with Crippen molar-refractivity contribution in [3.63, 3.8) is 0 Å². The largest absolute Gasteiger partial charge is 0.497 e. The smallest absolute Gasteiger partial charge is 0.181 e. The molecule has 0 unspecified atom stereocenters. The number of aromatic amines is 2. The highest BCUT2D eigenvalue weighted by Crippen LogP contribution is 2.35. The third kappa shape index (κ3) is 3.28. The Morgan fingerprint density at radius 2 is 1.73 bits per heavy atom. The fourth-order valence-corrected chi connectivity index (χ4v) is 4.06. The third-order valence-corrected chi connectivity index (χ3v) is 5.66. The molecule has 33 heavy (non-hydrogen) atoms. The molecule has 1 aromatic carbocycles.